The number of nitrogens with two attached hydrogens (primary N) is 1. The van der Waals surface area contributed by atoms with Gasteiger partial charge in [-0.2, -0.15) is 5.10 Å². The number of aromatic nitrogens is 2. The number of hydrogen-bond donors (Lipinski definition) is 1. The lowest BCUT2D eigenvalue weighted by molar-refractivity contribution is 0.431. The second-order valence-electron chi connectivity index (χ2n) is 4.96. The van der Waals surface area contributed by atoms with E-state index in [0.717, 1.165) is 18.7 Å². The van der Waals surface area contributed by atoms with Gasteiger partial charge >= 0.3 is 0 Å². The van der Waals surface area contributed by atoms with Crippen LogP contribution in [0.25, 0.3) is 0 Å². The average molecular weight is 221 g/mol. The van der Waals surface area contributed by atoms with Crippen LogP contribution >= 0.6 is 0 Å². The Hall–Kier alpha value is -0.990. The van der Waals surface area contributed by atoms with Crippen LogP contribution < -0.4 is 5.73 Å². The van der Waals surface area contributed by atoms with Gasteiger partial charge in [0.1, 0.15) is 5.82 Å². The van der Waals surface area contributed by atoms with Crippen LogP contribution in [0.15, 0.2) is 0 Å². The molecule has 3 nitrogen and oxygen atoms in total. The van der Waals surface area contributed by atoms with Gasteiger partial charge in [-0.15, -0.1) is 0 Å². The third kappa shape index (κ3) is 2.08. The second kappa shape index (κ2) is 4.89. The molecule has 0 atom stereocenters. The Kier molecular flexibility index (Phi) is 3.52. The molecule has 1 aliphatic carbocycles. The summed E-state index contributed by atoms with van der Waals surface area (Å²) in [6.45, 7) is 2.21. The second-order valence-corrected chi connectivity index (χ2v) is 4.96. The predicted molar refractivity (Wildman–Crippen MR) is 67.4 cm³/mol. The summed E-state index contributed by atoms with van der Waals surface area (Å²) in [5, 5.41) is 4.64. The molecule has 0 unspecified atom stereocenters. The molecule has 1 heterocycles. The molecule has 0 radical (unpaired) electrons. The molecule has 0 amide bonds. The lowest BCUT2D eigenvalue weighted by Crippen LogP contribution is -2.07. The molecule has 0 aromatic carbocycles. The molecular formula is C13H23N3. The van der Waals surface area contributed by atoms with Gasteiger partial charge in [-0.3, -0.25) is 4.68 Å². The molecule has 0 bridgehead atoms. The minimum atomic E-state index is 0.666. The molecule has 0 saturated heterocycles. The molecule has 1 aromatic heterocycles. The van der Waals surface area contributed by atoms with Crippen LogP contribution in [0.2, 0.25) is 0 Å². The number of aryl methyl sites for hydroxylation is 1. The van der Waals surface area contributed by atoms with E-state index < -0.39 is 0 Å². The molecule has 0 aliphatic heterocycles. The number of nitrogen functional groups attached to an aromatic ring is 1. The third-order valence-corrected chi connectivity index (χ3v) is 3.72. The monoisotopic (exact) mass is 221 g/mol. The maximum atomic E-state index is 6.10. The van der Waals surface area contributed by atoms with Crippen LogP contribution in [0.1, 0.15) is 62.6 Å². The highest BCUT2D eigenvalue weighted by Crippen LogP contribution is 2.35. The van der Waals surface area contributed by atoms with Crippen molar-refractivity contribution in [3.05, 3.63) is 11.3 Å². The standard InChI is InChI=1S/C13H23N3/c1-3-7-11-12(15-16(2)13(11)14)10-8-5-4-6-9-10/h10H,3-9,14H2,1-2H3. The summed E-state index contributed by atoms with van der Waals surface area (Å²) < 4.78 is 1.86. The van der Waals surface area contributed by atoms with E-state index in [9.17, 15) is 0 Å². The first-order valence-corrected chi connectivity index (χ1v) is 6.55. The van der Waals surface area contributed by atoms with Crippen molar-refractivity contribution in [1.82, 2.24) is 9.78 Å². The third-order valence-electron chi connectivity index (χ3n) is 3.72. The minimum Gasteiger partial charge on any atom is -0.384 e. The molecule has 1 saturated carbocycles. The Labute approximate surface area is 98.0 Å². The van der Waals surface area contributed by atoms with Crippen LogP contribution in [-0.2, 0) is 13.5 Å². The van der Waals surface area contributed by atoms with Crippen molar-refractivity contribution in [3.63, 3.8) is 0 Å². The van der Waals surface area contributed by atoms with E-state index in [1.165, 1.54) is 43.4 Å². The number of rotatable bonds is 3. The molecular weight excluding hydrogens is 198 g/mol. The van der Waals surface area contributed by atoms with Crippen LogP contribution in [-0.4, -0.2) is 9.78 Å². The molecule has 1 fully saturated rings. The van der Waals surface area contributed by atoms with Crippen molar-refractivity contribution >= 4 is 5.82 Å². The van der Waals surface area contributed by atoms with Gasteiger partial charge in [0.15, 0.2) is 0 Å². The first kappa shape index (κ1) is 11.5. The van der Waals surface area contributed by atoms with Crippen LogP contribution in [0, 0.1) is 0 Å². The molecule has 3 heteroatoms. The fourth-order valence-electron chi connectivity index (χ4n) is 2.81. The SMILES string of the molecule is CCCc1c(C2CCCCC2)nn(C)c1N. The van der Waals surface area contributed by atoms with Crippen LogP contribution in [0.5, 0.6) is 0 Å². The van der Waals surface area contributed by atoms with Gasteiger partial charge in [-0.05, 0) is 19.3 Å². The van der Waals surface area contributed by atoms with Crippen molar-refractivity contribution in [2.24, 2.45) is 7.05 Å². The summed E-state index contributed by atoms with van der Waals surface area (Å²) in [4.78, 5) is 0. The molecule has 1 aromatic rings. The maximum absolute atomic E-state index is 6.10. The molecule has 1 aliphatic rings. The Morgan fingerprint density at radius 3 is 2.62 bits per heavy atom. The first-order valence-electron chi connectivity index (χ1n) is 6.55. The molecule has 90 valence electrons. The molecule has 0 spiro atoms. The highest BCUT2D eigenvalue weighted by molar-refractivity contribution is 5.44. The van der Waals surface area contributed by atoms with Crippen LogP contribution in [0.4, 0.5) is 5.82 Å². The highest BCUT2D eigenvalue weighted by atomic mass is 15.3. The van der Waals surface area contributed by atoms with E-state index in [2.05, 4.69) is 12.0 Å². The van der Waals surface area contributed by atoms with Gasteiger partial charge in [0.25, 0.3) is 0 Å². The molecule has 2 rings (SSSR count). The van der Waals surface area contributed by atoms with Crippen molar-refractivity contribution in [1.29, 1.82) is 0 Å². The van der Waals surface area contributed by atoms with E-state index in [1.54, 1.807) is 0 Å². The van der Waals surface area contributed by atoms with E-state index in [1.807, 2.05) is 11.7 Å². The minimum absolute atomic E-state index is 0.666. The Morgan fingerprint density at radius 2 is 2.00 bits per heavy atom. The molecule has 2 N–H and O–H groups in total. The molecule has 16 heavy (non-hydrogen) atoms. The van der Waals surface area contributed by atoms with E-state index in [0.29, 0.717) is 5.92 Å². The number of anilines is 1. The van der Waals surface area contributed by atoms with Crippen molar-refractivity contribution < 1.29 is 0 Å². The van der Waals surface area contributed by atoms with E-state index >= 15 is 0 Å². The number of hydrogen-bond acceptors (Lipinski definition) is 2. The van der Waals surface area contributed by atoms with Gasteiger partial charge in [0.05, 0.1) is 5.69 Å². The van der Waals surface area contributed by atoms with Gasteiger partial charge in [0.2, 0.25) is 0 Å². The number of nitrogens with zero attached hydrogens (tertiary/aromatic N) is 2. The van der Waals surface area contributed by atoms with Crippen molar-refractivity contribution in [2.75, 3.05) is 5.73 Å². The maximum Gasteiger partial charge on any atom is 0.124 e. The summed E-state index contributed by atoms with van der Waals surface area (Å²) in [7, 11) is 1.96. The smallest absolute Gasteiger partial charge is 0.124 e. The normalized spacial score (nSPS) is 17.9. The van der Waals surface area contributed by atoms with Crippen molar-refractivity contribution in [3.8, 4) is 0 Å². The largest absolute Gasteiger partial charge is 0.384 e. The van der Waals surface area contributed by atoms with E-state index in [4.69, 9.17) is 5.73 Å². The van der Waals surface area contributed by atoms with Crippen LogP contribution in [0.3, 0.4) is 0 Å². The lowest BCUT2D eigenvalue weighted by atomic mass is 9.85. The summed E-state index contributed by atoms with van der Waals surface area (Å²) in [6.07, 6.45) is 8.92. The zero-order valence-corrected chi connectivity index (χ0v) is 10.5. The van der Waals surface area contributed by atoms with Gasteiger partial charge in [-0.1, -0.05) is 32.6 Å². The zero-order chi connectivity index (χ0) is 11.5. The average Bonchev–Trinajstić information content (AvgIpc) is 2.59. The topological polar surface area (TPSA) is 43.8 Å². The lowest BCUT2D eigenvalue weighted by Gasteiger charge is -2.20. The summed E-state index contributed by atoms with van der Waals surface area (Å²) in [6, 6.07) is 0. The Bertz CT molecular complexity index is 348. The summed E-state index contributed by atoms with van der Waals surface area (Å²) in [5.74, 6) is 1.54. The van der Waals surface area contributed by atoms with E-state index in [-0.39, 0.29) is 0 Å². The highest BCUT2D eigenvalue weighted by Gasteiger charge is 2.23. The first-order chi connectivity index (χ1) is 7.74. The fourth-order valence-corrected chi connectivity index (χ4v) is 2.81. The quantitative estimate of drug-likeness (QED) is 0.852. The Morgan fingerprint density at radius 1 is 1.31 bits per heavy atom. The summed E-state index contributed by atoms with van der Waals surface area (Å²) >= 11 is 0. The van der Waals surface area contributed by atoms with Gasteiger partial charge in [0, 0.05) is 18.5 Å². The zero-order valence-electron chi connectivity index (χ0n) is 10.5. The summed E-state index contributed by atoms with van der Waals surface area (Å²) in [5.41, 5.74) is 8.71. The fraction of sp³-hybridized carbons (Fsp3) is 0.769. The van der Waals surface area contributed by atoms with Crippen molar-refractivity contribution in [2.45, 2.75) is 57.8 Å². The predicted octanol–water partition coefficient (Wildman–Crippen LogP) is 3.00. The van der Waals surface area contributed by atoms with Gasteiger partial charge < -0.3 is 5.73 Å². The van der Waals surface area contributed by atoms with Gasteiger partial charge in [-0.25, -0.2) is 0 Å². The Balaban J connectivity index is 2.27.